The Morgan fingerprint density at radius 2 is 2.29 bits per heavy atom. The summed E-state index contributed by atoms with van der Waals surface area (Å²) in [6.45, 7) is 3.24. The minimum absolute atomic E-state index is 0.590. The van der Waals surface area contributed by atoms with Crippen molar-refractivity contribution in [3.05, 3.63) is 23.7 Å². The Bertz CT molecular complexity index is 374. The second kappa shape index (κ2) is 4.83. The quantitative estimate of drug-likeness (QED) is 0.854. The number of piperidine rings is 1. The molecule has 2 heterocycles. The summed E-state index contributed by atoms with van der Waals surface area (Å²) in [4.78, 5) is 2.63. The van der Waals surface area contributed by atoms with Crippen LogP contribution < -0.4 is 5.73 Å². The number of fused-ring (bicyclic) bond motifs is 1. The molecule has 0 bridgehead atoms. The molecule has 2 aliphatic rings. The Morgan fingerprint density at radius 1 is 1.35 bits per heavy atom. The molecule has 1 fully saturated rings. The molecule has 1 aliphatic carbocycles. The molecule has 0 saturated carbocycles. The van der Waals surface area contributed by atoms with Gasteiger partial charge in [-0.15, -0.1) is 0 Å². The lowest BCUT2D eigenvalue weighted by atomic mass is 9.89. The van der Waals surface area contributed by atoms with E-state index in [9.17, 15) is 0 Å². The minimum atomic E-state index is 0.590. The largest absolute Gasteiger partial charge is 0.469 e. The number of furan rings is 1. The van der Waals surface area contributed by atoms with Crippen LogP contribution in [0.2, 0.25) is 0 Å². The first-order chi connectivity index (χ1) is 8.38. The second-order valence-corrected chi connectivity index (χ2v) is 5.45. The molecule has 94 valence electrons. The maximum absolute atomic E-state index is 5.82. The highest BCUT2D eigenvalue weighted by atomic mass is 16.3. The van der Waals surface area contributed by atoms with Gasteiger partial charge in [0, 0.05) is 24.6 Å². The van der Waals surface area contributed by atoms with E-state index >= 15 is 0 Å². The van der Waals surface area contributed by atoms with Gasteiger partial charge in [-0.1, -0.05) is 0 Å². The number of hydrogen-bond donors (Lipinski definition) is 1. The summed E-state index contributed by atoms with van der Waals surface area (Å²) >= 11 is 0. The third-order valence-corrected chi connectivity index (χ3v) is 4.34. The summed E-state index contributed by atoms with van der Waals surface area (Å²) in [6.07, 6.45) is 8.11. The molecule has 2 unspecified atom stereocenters. The number of nitrogens with zero attached hydrogens (tertiary/aromatic N) is 1. The van der Waals surface area contributed by atoms with Crippen LogP contribution >= 0.6 is 0 Å². The fourth-order valence-electron chi connectivity index (χ4n) is 3.41. The van der Waals surface area contributed by atoms with Gasteiger partial charge in [0.05, 0.1) is 6.26 Å². The molecule has 17 heavy (non-hydrogen) atoms. The van der Waals surface area contributed by atoms with Crippen LogP contribution in [-0.2, 0) is 6.42 Å². The first-order valence-corrected chi connectivity index (χ1v) is 6.89. The molecule has 0 amide bonds. The molecule has 3 heteroatoms. The number of nitrogens with two attached hydrogens (primary N) is 1. The molecule has 1 aliphatic heterocycles. The number of aryl methyl sites for hydroxylation is 1. The zero-order chi connectivity index (χ0) is 11.7. The molecule has 3 nitrogen and oxygen atoms in total. The summed E-state index contributed by atoms with van der Waals surface area (Å²) in [7, 11) is 0. The number of rotatable bonds is 2. The van der Waals surface area contributed by atoms with E-state index in [-0.39, 0.29) is 0 Å². The molecule has 2 N–H and O–H groups in total. The lowest BCUT2D eigenvalue weighted by molar-refractivity contribution is 0.112. The van der Waals surface area contributed by atoms with Crippen LogP contribution in [0.1, 0.15) is 43.0 Å². The van der Waals surface area contributed by atoms with E-state index in [1.165, 1.54) is 50.1 Å². The molecule has 1 aromatic rings. The fourth-order valence-corrected chi connectivity index (χ4v) is 3.41. The monoisotopic (exact) mass is 234 g/mol. The van der Waals surface area contributed by atoms with Gasteiger partial charge >= 0.3 is 0 Å². The van der Waals surface area contributed by atoms with Gasteiger partial charge in [-0.2, -0.15) is 0 Å². The van der Waals surface area contributed by atoms with Crippen molar-refractivity contribution in [2.24, 2.45) is 11.7 Å². The highest BCUT2D eigenvalue weighted by Gasteiger charge is 2.30. The van der Waals surface area contributed by atoms with Gasteiger partial charge in [-0.3, -0.25) is 4.90 Å². The normalized spacial score (nSPS) is 30.2. The van der Waals surface area contributed by atoms with Crippen molar-refractivity contribution in [3.8, 4) is 0 Å². The van der Waals surface area contributed by atoms with Crippen molar-refractivity contribution in [2.45, 2.75) is 38.1 Å². The lowest BCUT2D eigenvalue weighted by Crippen LogP contribution is -2.41. The van der Waals surface area contributed by atoms with Crippen LogP contribution in [0.15, 0.2) is 16.7 Å². The highest BCUT2D eigenvalue weighted by molar-refractivity contribution is 5.24. The van der Waals surface area contributed by atoms with Crippen molar-refractivity contribution in [3.63, 3.8) is 0 Å². The van der Waals surface area contributed by atoms with E-state index in [1.54, 1.807) is 0 Å². The predicted molar refractivity (Wildman–Crippen MR) is 67.7 cm³/mol. The van der Waals surface area contributed by atoms with Gasteiger partial charge in [0.15, 0.2) is 0 Å². The first-order valence-electron chi connectivity index (χ1n) is 6.89. The summed E-state index contributed by atoms with van der Waals surface area (Å²) in [6, 6.07) is 2.76. The molecule has 1 saturated heterocycles. The molecular formula is C14H22N2O. The van der Waals surface area contributed by atoms with Crippen LogP contribution in [-0.4, -0.2) is 24.5 Å². The van der Waals surface area contributed by atoms with Gasteiger partial charge in [-0.05, 0) is 50.8 Å². The molecule has 3 rings (SSSR count). The maximum atomic E-state index is 5.82. The number of hydrogen-bond acceptors (Lipinski definition) is 3. The first kappa shape index (κ1) is 11.3. The van der Waals surface area contributed by atoms with Gasteiger partial charge in [0.2, 0.25) is 0 Å². The summed E-state index contributed by atoms with van der Waals surface area (Å²) in [5.41, 5.74) is 7.26. The van der Waals surface area contributed by atoms with Crippen molar-refractivity contribution >= 4 is 0 Å². The van der Waals surface area contributed by atoms with Crippen molar-refractivity contribution in [1.29, 1.82) is 0 Å². The zero-order valence-corrected chi connectivity index (χ0v) is 10.4. The standard InChI is InChI=1S/C14H22N2O/c15-9-11-3-2-7-16(10-11)13-4-1-5-14-12(13)6-8-17-14/h6,8,11,13H,1-5,7,9-10,15H2. The summed E-state index contributed by atoms with van der Waals surface area (Å²) < 4.78 is 5.58. The van der Waals surface area contributed by atoms with Crippen LogP contribution in [0.4, 0.5) is 0 Å². The average molecular weight is 234 g/mol. The SMILES string of the molecule is NCC1CCCN(C2CCCc3occc32)C1. The topological polar surface area (TPSA) is 42.4 Å². The summed E-state index contributed by atoms with van der Waals surface area (Å²) in [5, 5.41) is 0. The molecule has 1 aromatic heterocycles. The Balaban J connectivity index is 1.77. The molecule has 0 spiro atoms. The molecule has 0 radical (unpaired) electrons. The Hall–Kier alpha value is -0.800. The van der Waals surface area contributed by atoms with Crippen LogP contribution in [0, 0.1) is 5.92 Å². The van der Waals surface area contributed by atoms with E-state index < -0.39 is 0 Å². The summed E-state index contributed by atoms with van der Waals surface area (Å²) in [5.74, 6) is 1.91. The Labute approximate surface area is 103 Å². The third-order valence-electron chi connectivity index (χ3n) is 4.34. The van der Waals surface area contributed by atoms with E-state index in [0.717, 1.165) is 13.0 Å². The van der Waals surface area contributed by atoms with Crippen molar-refractivity contribution in [1.82, 2.24) is 4.90 Å². The number of likely N-dealkylation sites (tertiary alicyclic amines) is 1. The molecule has 2 atom stereocenters. The predicted octanol–water partition coefficient (Wildman–Crippen LogP) is 2.33. The van der Waals surface area contributed by atoms with E-state index in [0.29, 0.717) is 12.0 Å². The van der Waals surface area contributed by atoms with Gasteiger partial charge in [-0.25, -0.2) is 0 Å². The smallest absolute Gasteiger partial charge is 0.108 e. The average Bonchev–Trinajstić information content (AvgIpc) is 2.87. The lowest BCUT2D eigenvalue weighted by Gasteiger charge is -2.39. The van der Waals surface area contributed by atoms with E-state index in [4.69, 9.17) is 10.2 Å². The van der Waals surface area contributed by atoms with E-state index in [2.05, 4.69) is 11.0 Å². The fraction of sp³-hybridized carbons (Fsp3) is 0.714. The second-order valence-electron chi connectivity index (χ2n) is 5.45. The zero-order valence-electron chi connectivity index (χ0n) is 10.4. The molecule has 0 aromatic carbocycles. The van der Waals surface area contributed by atoms with Crippen LogP contribution in [0.3, 0.4) is 0 Å². The highest BCUT2D eigenvalue weighted by Crippen LogP contribution is 2.36. The van der Waals surface area contributed by atoms with E-state index in [1.807, 2.05) is 6.26 Å². The Kier molecular flexibility index (Phi) is 3.21. The van der Waals surface area contributed by atoms with Gasteiger partial charge in [0.25, 0.3) is 0 Å². The molecular weight excluding hydrogens is 212 g/mol. The van der Waals surface area contributed by atoms with Gasteiger partial charge in [0.1, 0.15) is 5.76 Å². The maximum Gasteiger partial charge on any atom is 0.108 e. The third kappa shape index (κ3) is 2.14. The minimum Gasteiger partial charge on any atom is -0.469 e. The van der Waals surface area contributed by atoms with Crippen LogP contribution in [0.5, 0.6) is 0 Å². The van der Waals surface area contributed by atoms with Crippen molar-refractivity contribution in [2.75, 3.05) is 19.6 Å². The Morgan fingerprint density at radius 3 is 3.18 bits per heavy atom. The van der Waals surface area contributed by atoms with Crippen LogP contribution in [0.25, 0.3) is 0 Å². The van der Waals surface area contributed by atoms with Crippen molar-refractivity contribution < 1.29 is 4.42 Å². The van der Waals surface area contributed by atoms with Gasteiger partial charge < -0.3 is 10.2 Å².